The standard InChI is InChI=1S/C11H21NO5S/c1-2-17-11(14)9-18(15,16)12-6-3-4-10(8-12)5-7-13/h10,13H,2-9H2,1H3. The number of sulfonamides is 1. The molecule has 1 fully saturated rings. The number of hydrogen-bond donors (Lipinski definition) is 1. The molecule has 6 nitrogen and oxygen atoms in total. The first-order valence-electron chi connectivity index (χ1n) is 6.24. The van der Waals surface area contributed by atoms with Crippen LogP contribution in [0, 0.1) is 5.92 Å². The van der Waals surface area contributed by atoms with E-state index in [0.29, 0.717) is 19.5 Å². The highest BCUT2D eigenvalue weighted by atomic mass is 32.2. The smallest absolute Gasteiger partial charge is 0.322 e. The van der Waals surface area contributed by atoms with E-state index >= 15 is 0 Å². The molecule has 1 saturated heterocycles. The summed E-state index contributed by atoms with van der Waals surface area (Å²) >= 11 is 0. The van der Waals surface area contributed by atoms with Crippen LogP contribution < -0.4 is 0 Å². The summed E-state index contributed by atoms with van der Waals surface area (Å²) in [6, 6.07) is 0. The summed E-state index contributed by atoms with van der Waals surface area (Å²) in [5, 5.41) is 8.88. The van der Waals surface area contributed by atoms with Crippen molar-refractivity contribution in [3.05, 3.63) is 0 Å². The number of carbonyl (C=O) groups excluding carboxylic acids is 1. The van der Waals surface area contributed by atoms with Crippen molar-refractivity contribution in [1.82, 2.24) is 4.31 Å². The van der Waals surface area contributed by atoms with Gasteiger partial charge in [-0.2, -0.15) is 0 Å². The molecule has 18 heavy (non-hydrogen) atoms. The van der Waals surface area contributed by atoms with Crippen molar-refractivity contribution in [2.75, 3.05) is 32.1 Å². The third kappa shape index (κ3) is 4.55. The molecule has 0 bridgehead atoms. The maximum absolute atomic E-state index is 12.0. The summed E-state index contributed by atoms with van der Waals surface area (Å²) in [6.45, 7) is 2.73. The number of hydrogen-bond acceptors (Lipinski definition) is 5. The van der Waals surface area contributed by atoms with Gasteiger partial charge in [0.15, 0.2) is 5.75 Å². The molecule has 0 aliphatic carbocycles. The number of ether oxygens (including phenoxy) is 1. The van der Waals surface area contributed by atoms with E-state index in [2.05, 4.69) is 4.74 Å². The van der Waals surface area contributed by atoms with Gasteiger partial charge in [-0.3, -0.25) is 4.79 Å². The fourth-order valence-corrected chi connectivity index (χ4v) is 3.55. The minimum atomic E-state index is -3.58. The lowest BCUT2D eigenvalue weighted by Crippen LogP contribution is -2.42. The Morgan fingerprint density at radius 1 is 1.50 bits per heavy atom. The topological polar surface area (TPSA) is 83.9 Å². The Hall–Kier alpha value is -0.660. The van der Waals surface area contributed by atoms with Crippen molar-refractivity contribution in [2.45, 2.75) is 26.2 Å². The Morgan fingerprint density at radius 2 is 2.22 bits per heavy atom. The van der Waals surface area contributed by atoms with Crippen LogP contribution in [0.4, 0.5) is 0 Å². The molecule has 1 unspecified atom stereocenters. The maximum atomic E-state index is 12.0. The second-order valence-electron chi connectivity index (χ2n) is 4.44. The number of piperidine rings is 1. The van der Waals surface area contributed by atoms with Gasteiger partial charge in [-0.25, -0.2) is 12.7 Å². The molecule has 1 rings (SSSR count). The third-order valence-corrected chi connectivity index (χ3v) is 4.74. The number of nitrogens with zero attached hydrogens (tertiary/aromatic N) is 1. The van der Waals surface area contributed by atoms with Gasteiger partial charge in [0.05, 0.1) is 6.61 Å². The Morgan fingerprint density at radius 3 is 2.83 bits per heavy atom. The van der Waals surface area contributed by atoms with Crippen molar-refractivity contribution in [1.29, 1.82) is 0 Å². The molecular weight excluding hydrogens is 258 g/mol. The van der Waals surface area contributed by atoms with Crippen LogP contribution in [0.15, 0.2) is 0 Å². The first-order valence-corrected chi connectivity index (χ1v) is 7.84. The van der Waals surface area contributed by atoms with Crippen LogP contribution in [-0.2, 0) is 19.6 Å². The number of aliphatic hydroxyl groups is 1. The molecule has 106 valence electrons. The molecular formula is C11H21NO5S. The lowest BCUT2D eigenvalue weighted by molar-refractivity contribution is -0.140. The van der Waals surface area contributed by atoms with E-state index in [-0.39, 0.29) is 19.1 Å². The number of esters is 1. The fraction of sp³-hybridized carbons (Fsp3) is 0.909. The van der Waals surface area contributed by atoms with Crippen molar-refractivity contribution in [3.8, 4) is 0 Å². The number of rotatable bonds is 6. The summed E-state index contributed by atoms with van der Waals surface area (Å²) < 4.78 is 30.0. The highest BCUT2D eigenvalue weighted by molar-refractivity contribution is 7.89. The third-order valence-electron chi connectivity index (χ3n) is 3.02. The molecule has 0 aromatic heterocycles. The van der Waals surface area contributed by atoms with E-state index in [1.165, 1.54) is 4.31 Å². The Kier molecular flexibility index (Phi) is 6.04. The van der Waals surface area contributed by atoms with E-state index in [0.717, 1.165) is 12.8 Å². The Labute approximate surface area is 108 Å². The molecule has 1 aliphatic rings. The SMILES string of the molecule is CCOC(=O)CS(=O)(=O)N1CCCC(CCO)C1. The minimum absolute atomic E-state index is 0.0659. The average molecular weight is 279 g/mol. The first kappa shape index (κ1) is 15.4. The van der Waals surface area contributed by atoms with Gasteiger partial charge in [0.1, 0.15) is 0 Å². The predicted octanol–water partition coefficient (Wildman–Crippen LogP) is -0.0263. The molecule has 0 aromatic rings. The monoisotopic (exact) mass is 279 g/mol. The summed E-state index contributed by atoms with van der Waals surface area (Å²) in [5.74, 6) is -1.12. The van der Waals surface area contributed by atoms with Gasteiger partial charge in [0, 0.05) is 19.7 Å². The molecule has 0 radical (unpaired) electrons. The van der Waals surface area contributed by atoms with Crippen LogP contribution >= 0.6 is 0 Å². The Balaban J connectivity index is 2.58. The molecule has 0 spiro atoms. The minimum Gasteiger partial charge on any atom is -0.465 e. The normalized spacial score (nSPS) is 21.8. The van der Waals surface area contributed by atoms with Crippen molar-refractivity contribution < 1.29 is 23.1 Å². The van der Waals surface area contributed by atoms with E-state index in [1.54, 1.807) is 6.92 Å². The van der Waals surface area contributed by atoms with Crippen LogP contribution in [0.3, 0.4) is 0 Å². The van der Waals surface area contributed by atoms with E-state index in [1.807, 2.05) is 0 Å². The van der Waals surface area contributed by atoms with Crippen molar-refractivity contribution in [3.63, 3.8) is 0 Å². The summed E-state index contributed by atoms with van der Waals surface area (Å²) in [7, 11) is -3.58. The van der Waals surface area contributed by atoms with E-state index < -0.39 is 21.7 Å². The zero-order valence-electron chi connectivity index (χ0n) is 10.7. The number of aliphatic hydroxyl groups excluding tert-OH is 1. The number of carbonyl (C=O) groups is 1. The average Bonchev–Trinajstić information content (AvgIpc) is 2.29. The van der Waals surface area contributed by atoms with Crippen LogP contribution in [-0.4, -0.2) is 55.9 Å². The second-order valence-corrected chi connectivity index (χ2v) is 6.41. The van der Waals surface area contributed by atoms with Crippen LogP contribution in [0.5, 0.6) is 0 Å². The van der Waals surface area contributed by atoms with Gasteiger partial charge in [-0.1, -0.05) is 0 Å². The van der Waals surface area contributed by atoms with Crippen molar-refractivity contribution >= 4 is 16.0 Å². The van der Waals surface area contributed by atoms with Crippen LogP contribution in [0.25, 0.3) is 0 Å². The zero-order chi connectivity index (χ0) is 13.6. The molecule has 0 saturated carbocycles. The molecule has 7 heteroatoms. The molecule has 0 amide bonds. The summed E-state index contributed by atoms with van der Waals surface area (Å²) in [5.41, 5.74) is 0. The molecule has 1 heterocycles. The largest absolute Gasteiger partial charge is 0.465 e. The van der Waals surface area contributed by atoms with E-state index in [9.17, 15) is 13.2 Å². The molecule has 0 aromatic carbocycles. The van der Waals surface area contributed by atoms with Crippen LogP contribution in [0.1, 0.15) is 26.2 Å². The molecule has 1 aliphatic heterocycles. The predicted molar refractivity (Wildman–Crippen MR) is 66.4 cm³/mol. The van der Waals surface area contributed by atoms with Gasteiger partial charge >= 0.3 is 5.97 Å². The van der Waals surface area contributed by atoms with Gasteiger partial charge in [-0.15, -0.1) is 0 Å². The summed E-state index contributed by atoms with van der Waals surface area (Å²) in [6.07, 6.45) is 2.30. The highest BCUT2D eigenvalue weighted by Crippen LogP contribution is 2.21. The maximum Gasteiger partial charge on any atom is 0.322 e. The van der Waals surface area contributed by atoms with Gasteiger partial charge in [0.2, 0.25) is 10.0 Å². The molecule has 1 N–H and O–H groups in total. The Bertz CT molecular complexity index is 366. The van der Waals surface area contributed by atoms with Crippen LogP contribution in [0.2, 0.25) is 0 Å². The zero-order valence-corrected chi connectivity index (χ0v) is 11.5. The lowest BCUT2D eigenvalue weighted by atomic mass is 9.97. The van der Waals surface area contributed by atoms with Gasteiger partial charge < -0.3 is 9.84 Å². The molecule has 1 atom stereocenters. The fourth-order valence-electron chi connectivity index (χ4n) is 2.14. The quantitative estimate of drug-likeness (QED) is 0.690. The lowest BCUT2D eigenvalue weighted by Gasteiger charge is -2.31. The first-order chi connectivity index (χ1) is 8.49. The second kappa shape index (κ2) is 7.06. The van der Waals surface area contributed by atoms with Gasteiger partial charge in [-0.05, 0) is 32.1 Å². The van der Waals surface area contributed by atoms with E-state index in [4.69, 9.17) is 5.11 Å². The van der Waals surface area contributed by atoms with Crippen molar-refractivity contribution in [2.24, 2.45) is 5.92 Å². The van der Waals surface area contributed by atoms with Gasteiger partial charge in [0.25, 0.3) is 0 Å². The highest BCUT2D eigenvalue weighted by Gasteiger charge is 2.30. The summed E-state index contributed by atoms with van der Waals surface area (Å²) in [4.78, 5) is 11.2.